The molecule has 0 saturated carbocycles. The van der Waals surface area contributed by atoms with Gasteiger partial charge in [-0.15, -0.1) is 0 Å². The third-order valence-corrected chi connectivity index (χ3v) is 5.99. The summed E-state index contributed by atoms with van der Waals surface area (Å²) in [6.07, 6.45) is 1.58. The van der Waals surface area contributed by atoms with Crippen LogP contribution < -0.4 is 10.5 Å². The molecule has 0 aliphatic carbocycles. The molecule has 7 nitrogen and oxygen atoms in total. The molecular formula is C13H21ClN4O3S. The summed E-state index contributed by atoms with van der Waals surface area (Å²) in [5, 5.41) is 4.28. The molecule has 0 amide bonds. The van der Waals surface area contributed by atoms with Crippen LogP contribution >= 0.6 is 11.6 Å². The lowest BCUT2D eigenvalue weighted by Gasteiger charge is -2.35. The molecular weight excluding hydrogens is 328 g/mol. The molecule has 0 unspecified atom stereocenters. The van der Waals surface area contributed by atoms with Crippen LogP contribution in [0.3, 0.4) is 0 Å². The number of sulfonamides is 1. The Bertz CT molecular complexity index is 694. The quantitative estimate of drug-likeness (QED) is 0.809. The molecule has 0 bridgehead atoms. The van der Waals surface area contributed by atoms with Crippen LogP contribution in [0.2, 0.25) is 5.02 Å². The molecule has 2 rings (SSSR count). The standard InChI is InChI=1S/C13H21ClN4O3S/c1-4-22(20,21)17-7-5-16(6-8-17)11-9-15-18(10(2)3)13(19)12(11)14/h9-10H,4-8H2,1-3H3. The number of rotatable bonds is 4. The zero-order chi connectivity index (χ0) is 16.5. The van der Waals surface area contributed by atoms with Crippen molar-refractivity contribution < 1.29 is 8.42 Å². The van der Waals surface area contributed by atoms with Gasteiger partial charge in [0, 0.05) is 26.2 Å². The minimum atomic E-state index is -3.17. The average Bonchev–Trinajstić information content (AvgIpc) is 2.49. The molecule has 1 saturated heterocycles. The molecule has 0 radical (unpaired) electrons. The molecule has 1 aliphatic rings. The maximum Gasteiger partial charge on any atom is 0.287 e. The second-order valence-electron chi connectivity index (χ2n) is 5.47. The number of anilines is 1. The number of aromatic nitrogens is 2. The number of hydrogen-bond donors (Lipinski definition) is 0. The summed E-state index contributed by atoms with van der Waals surface area (Å²) in [6.45, 7) is 7.11. The van der Waals surface area contributed by atoms with Gasteiger partial charge in [0.15, 0.2) is 0 Å². The average molecular weight is 349 g/mol. The van der Waals surface area contributed by atoms with E-state index >= 15 is 0 Å². The first-order valence-corrected chi connectivity index (χ1v) is 9.26. The molecule has 124 valence electrons. The van der Waals surface area contributed by atoms with Crippen LogP contribution in [0.15, 0.2) is 11.0 Å². The van der Waals surface area contributed by atoms with E-state index in [0.717, 1.165) is 0 Å². The van der Waals surface area contributed by atoms with Gasteiger partial charge in [0.1, 0.15) is 5.02 Å². The molecule has 1 aromatic heterocycles. The third kappa shape index (κ3) is 3.28. The Morgan fingerprint density at radius 3 is 2.36 bits per heavy atom. The van der Waals surface area contributed by atoms with Crippen molar-refractivity contribution in [1.82, 2.24) is 14.1 Å². The highest BCUT2D eigenvalue weighted by molar-refractivity contribution is 7.89. The number of halogens is 1. The summed E-state index contributed by atoms with van der Waals surface area (Å²) >= 11 is 6.18. The molecule has 2 heterocycles. The molecule has 22 heavy (non-hydrogen) atoms. The van der Waals surface area contributed by atoms with Gasteiger partial charge in [-0.2, -0.15) is 9.40 Å². The van der Waals surface area contributed by atoms with Crippen LogP contribution in [-0.2, 0) is 10.0 Å². The Kier molecular flexibility index (Phi) is 5.14. The number of hydrogen-bond acceptors (Lipinski definition) is 5. The minimum absolute atomic E-state index is 0.0643. The normalized spacial score (nSPS) is 17.2. The molecule has 9 heteroatoms. The van der Waals surface area contributed by atoms with E-state index in [9.17, 15) is 13.2 Å². The van der Waals surface area contributed by atoms with Gasteiger partial charge in [-0.3, -0.25) is 4.79 Å². The molecule has 0 spiro atoms. The fourth-order valence-electron chi connectivity index (χ4n) is 2.41. The van der Waals surface area contributed by atoms with Crippen molar-refractivity contribution in [3.05, 3.63) is 21.6 Å². The summed E-state index contributed by atoms with van der Waals surface area (Å²) in [6, 6.07) is -0.0643. The molecule has 1 fully saturated rings. The zero-order valence-corrected chi connectivity index (χ0v) is 14.6. The topological polar surface area (TPSA) is 75.5 Å². The smallest absolute Gasteiger partial charge is 0.287 e. The first kappa shape index (κ1) is 17.2. The molecule has 0 atom stereocenters. The third-order valence-electron chi connectivity index (χ3n) is 3.75. The van der Waals surface area contributed by atoms with Gasteiger partial charge in [0.2, 0.25) is 10.0 Å². The number of nitrogens with zero attached hydrogens (tertiary/aromatic N) is 4. The van der Waals surface area contributed by atoms with Crippen molar-refractivity contribution in [3.63, 3.8) is 0 Å². The van der Waals surface area contributed by atoms with Gasteiger partial charge in [-0.25, -0.2) is 13.1 Å². The SMILES string of the molecule is CCS(=O)(=O)N1CCN(c2cnn(C(C)C)c(=O)c2Cl)CC1. The van der Waals surface area contributed by atoms with Crippen LogP contribution in [0, 0.1) is 0 Å². The Hall–Kier alpha value is -1.12. The second-order valence-corrected chi connectivity index (χ2v) is 8.11. The highest BCUT2D eigenvalue weighted by Crippen LogP contribution is 2.23. The summed E-state index contributed by atoms with van der Waals surface area (Å²) < 4.78 is 26.5. The van der Waals surface area contributed by atoms with E-state index in [0.29, 0.717) is 31.9 Å². The molecule has 0 N–H and O–H groups in total. The largest absolute Gasteiger partial charge is 0.366 e. The first-order valence-electron chi connectivity index (χ1n) is 7.28. The zero-order valence-electron chi connectivity index (χ0n) is 13.0. The monoisotopic (exact) mass is 348 g/mol. The van der Waals surface area contributed by atoms with Crippen molar-refractivity contribution in [1.29, 1.82) is 0 Å². The summed E-state index contributed by atoms with van der Waals surface area (Å²) in [4.78, 5) is 14.1. The molecule has 0 aromatic carbocycles. The first-order chi connectivity index (χ1) is 10.3. The predicted molar refractivity (Wildman–Crippen MR) is 87.1 cm³/mol. The summed E-state index contributed by atoms with van der Waals surface area (Å²) in [5.74, 6) is 0.0970. The van der Waals surface area contributed by atoms with Crippen molar-refractivity contribution >= 4 is 27.3 Å². The maximum atomic E-state index is 12.2. The van der Waals surface area contributed by atoms with Crippen LogP contribution in [0.25, 0.3) is 0 Å². The fraction of sp³-hybridized carbons (Fsp3) is 0.692. The maximum absolute atomic E-state index is 12.2. The van der Waals surface area contributed by atoms with Crippen molar-refractivity contribution in [2.45, 2.75) is 26.8 Å². The summed E-state index contributed by atoms with van der Waals surface area (Å²) in [7, 11) is -3.17. The second kappa shape index (κ2) is 6.55. The lowest BCUT2D eigenvalue weighted by molar-refractivity contribution is 0.385. The fourth-order valence-corrected chi connectivity index (χ4v) is 3.75. The summed E-state index contributed by atoms with van der Waals surface area (Å²) in [5.41, 5.74) is 0.245. The number of piperazine rings is 1. The van der Waals surface area contributed by atoms with Gasteiger partial charge in [-0.1, -0.05) is 11.6 Å². The lowest BCUT2D eigenvalue weighted by Crippen LogP contribution is -2.49. The van der Waals surface area contributed by atoms with Crippen LogP contribution in [0.1, 0.15) is 26.8 Å². The highest BCUT2D eigenvalue weighted by atomic mass is 35.5. The molecule has 1 aliphatic heterocycles. The van der Waals surface area contributed by atoms with E-state index in [1.54, 1.807) is 13.1 Å². The van der Waals surface area contributed by atoms with E-state index in [2.05, 4.69) is 5.10 Å². The Morgan fingerprint density at radius 2 is 1.86 bits per heavy atom. The van der Waals surface area contributed by atoms with Gasteiger partial charge in [0.25, 0.3) is 5.56 Å². The van der Waals surface area contributed by atoms with Gasteiger partial charge >= 0.3 is 0 Å². The van der Waals surface area contributed by atoms with E-state index in [-0.39, 0.29) is 22.4 Å². The predicted octanol–water partition coefficient (Wildman–Crippen LogP) is 0.949. The van der Waals surface area contributed by atoms with Crippen molar-refractivity contribution in [2.75, 3.05) is 36.8 Å². The van der Waals surface area contributed by atoms with Crippen molar-refractivity contribution in [2.24, 2.45) is 0 Å². The Morgan fingerprint density at radius 1 is 1.27 bits per heavy atom. The van der Waals surface area contributed by atoms with E-state index < -0.39 is 10.0 Å². The van der Waals surface area contributed by atoms with E-state index in [1.807, 2.05) is 18.7 Å². The van der Waals surface area contributed by atoms with Gasteiger partial charge in [0.05, 0.1) is 23.7 Å². The Labute approximate surface area is 135 Å². The van der Waals surface area contributed by atoms with Crippen molar-refractivity contribution in [3.8, 4) is 0 Å². The van der Waals surface area contributed by atoms with Gasteiger partial charge < -0.3 is 4.90 Å². The minimum Gasteiger partial charge on any atom is -0.366 e. The van der Waals surface area contributed by atoms with Crippen LogP contribution in [-0.4, -0.2) is 54.4 Å². The Balaban J connectivity index is 2.19. The van der Waals surface area contributed by atoms with Crippen LogP contribution in [0.4, 0.5) is 5.69 Å². The van der Waals surface area contributed by atoms with E-state index in [1.165, 1.54) is 8.99 Å². The van der Waals surface area contributed by atoms with E-state index in [4.69, 9.17) is 11.6 Å². The molecule has 1 aromatic rings. The lowest BCUT2D eigenvalue weighted by atomic mass is 10.3. The highest BCUT2D eigenvalue weighted by Gasteiger charge is 2.27. The van der Waals surface area contributed by atoms with Crippen LogP contribution in [0.5, 0.6) is 0 Å². The van der Waals surface area contributed by atoms with Gasteiger partial charge in [-0.05, 0) is 20.8 Å².